The lowest BCUT2D eigenvalue weighted by Crippen LogP contribution is -1.99. The quantitative estimate of drug-likeness (QED) is 0.306. The Bertz CT molecular complexity index is 1280. The van der Waals surface area contributed by atoms with Crippen molar-refractivity contribution < 1.29 is 4.74 Å². The molecule has 1 aliphatic carbocycles. The van der Waals surface area contributed by atoms with Gasteiger partial charge in [0.1, 0.15) is 21.7 Å². The Morgan fingerprint density at radius 2 is 1.68 bits per heavy atom. The number of aromatic nitrogens is 3. The second-order valence-corrected chi connectivity index (χ2v) is 8.31. The number of methoxy groups -OCH3 is 1. The van der Waals surface area contributed by atoms with E-state index in [-0.39, 0.29) is 0 Å². The van der Waals surface area contributed by atoms with E-state index in [2.05, 4.69) is 18.2 Å². The van der Waals surface area contributed by atoms with Crippen LogP contribution in [0.3, 0.4) is 0 Å². The molecule has 1 aliphatic rings. The second kappa shape index (κ2) is 8.37. The van der Waals surface area contributed by atoms with Gasteiger partial charge in [0.15, 0.2) is 5.65 Å². The Morgan fingerprint density at radius 1 is 0.903 bits per heavy atom. The van der Waals surface area contributed by atoms with Crippen molar-refractivity contribution in [2.45, 2.75) is 25.7 Å². The summed E-state index contributed by atoms with van der Waals surface area (Å²) in [6, 6.07) is 17.8. The molecule has 0 spiro atoms. The zero-order valence-corrected chi connectivity index (χ0v) is 18.6. The maximum Gasteiger partial charge on any atom is 0.166 e. The van der Waals surface area contributed by atoms with E-state index < -0.39 is 0 Å². The molecule has 4 aromatic rings. The highest BCUT2D eigenvalue weighted by Gasteiger charge is 2.24. The van der Waals surface area contributed by atoms with Crippen LogP contribution in [-0.4, -0.2) is 21.7 Å². The molecule has 0 radical (unpaired) electrons. The van der Waals surface area contributed by atoms with Gasteiger partial charge in [-0.3, -0.25) is 0 Å². The van der Waals surface area contributed by atoms with Crippen LogP contribution in [-0.2, 0) is 0 Å². The molecule has 0 atom stereocenters. The number of ether oxygens (including phenoxy) is 1. The van der Waals surface area contributed by atoms with Gasteiger partial charge in [-0.2, -0.15) is 5.10 Å². The number of rotatable bonds is 4. The summed E-state index contributed by atoms with van der Waals surface area (Å²) in [5, 5.41) is 5.72. The van der Waals surface area contributed by atoms with Crippen LogP contribution in [0.5, 0.6) is 5.75 Å². The summed E-state index contributed by atoms with van der Waals surface area (Å²) < 4.78 is 6.99. The van der Waals surface area contributed by atoms with Crippen molar-refractivity contribution in [3.05, 3.63) is 76.5 Å². The van der Waals surface area contributed by atoms with Crippen LogP contribution in [0.1, 0.15) is 31.2 Å². The first-order valence-electron chi connectivity index (χ1n) is 10.3. The zero-order valence-electron chi connectivity index (χ0n) is 17.1. The lowest BCUT2D eigenvalue weighted by atomic mass is 9.92. The molecule has 0 unspecified atom stereocenters. The predicted molar refractivity (Wildman–Crippen MR) is 127 cm³/mol. The van der Waals surface area contributed by atoms with Crippen LogP contribution in [0.2, 0.25) is 10.3 Å². The number of benzene rings is 2. The Morgan fingerprint density at radius 3 is 2.35 bits per heavy atom. The van der Waals surface area contributed by atoms with E-state index in [4.69, 9.17) is 38.0 Å². The summed E-state index contributed by atoms with van der Waals surface area (Å²) in [5.41, 5.74) is 6.41. The molecule has 2 heterocycles. The third kappa shape index (κ3) is 3.60. The Balaban J connectivity index is 1.77. The number of halogens is 2. The summed E-state index contributed by atoms with van der Waals surface area (Å²) in [6.07, 6.45) is 6.72. The molecular formula is C25H21Cl2N3O. The van der Waals surface area contributed by atoms with Crippen molar-refractivity contribution in [1.82, 2.24) is 14.6 Å². The first-order valence-corrected chi connectivity index (χ1v) is 11.1. The second-order valence-electron chi connectivity index (χ2n) is 7.60. The van der Waals surface area contributed by atoms with Crippen LogP contribution < -0.4 is 4.74 Å². The summed E-state index contributed by atoms with van der Waals surface area (Å²) in [5.74, 6) is 0.766. The third-order valence-corrected chi connectivity index (χ3v) is 6.32. The topological polar surface area (TPSA) is 39.4 Å². The molecule has 5 rings (SSSR count). The van der Waals surface area contributed by atoms with Gasteiger partial charge < -0.3 is 4.74 Å². The molecular weight excluding hydrogens is 429 g/mol. The van der Waals surface area contributed by atoms with Crippen LogP contribution >= 0.6 is 23.2 Å². The summed E-state index contributed by atoms with van der Waals surface area (Å²) in [6.45, 7) is 0. The molecule has 0 amide bonds. The molecule has 0 saturated carbocycles. The molecule has 156 valence electrons. The Kier molecular flexibility index (Phi) is 5.43. The van der Waals surface area contributed by atoms with E-state index >= 15 is 0 Å². The average Bonchev–Trinajstić information content (AvgIpc) is 3.20. The highest BCUT2D eigenvalue weighted by Crippen LogP contribution is 2.41. The lowest BCUT2D eigenvalue weighted by molar-refractivity contribution is 0.415. The van der Waals surface area contributed by atoms with Crippen LogP contribution in [0.4, 0.5) is 0 Å². The van der Waals surface area contributed by atoms with Gasteiger partial charge in [0.25, 0.3) is 0 Å². The number of fused-ring (bicyclic) bond motifs is 1. The molecule has 0 aliphatic heterocycles. The highest BCUT2D eigenvalue weighted by molar-refractivity contribution is 6.38. The summed E-state index contributed by atoms with van der Waals surface area (Å²) in [7, 11) is 1.64. The van der Waals surface area contributed by atoms with Crippen molar-refractivity contribution in [3.8, 4) is 28.1 Å². The minimum absolute atomic E-state index is 0.361. The minimum atomic E-state index is 0.361. The van der Waals surface area contributed by atoms with Gasteiger partial charge in [0, 0.05) is 5.56 Å². The number of hydrogen-bond donors (Lipinski definition) is 0. The maximum atomic E-state index is 6.89. The number of allylic oxidation sites excluding steroid dienone is 2. The maximum absolute atomic E-state index is 6.89. The smallest absolute Gasteiger partial charge is 0.166 e. The fourth-order valence-corrected chi connectivity index (χ4v) is 4.79. The SMILES string of the molecule is COc1ccc(-c2c(Cl)nc3c(C4=CCCCC4)c(-c4ccccc4)nn3c2Cl)cc1. The Labute approximate surface area is 191 Å². The summed E-state index contributed by atoms with van der Waals surface area (Å²) >= 11 is 13.6. The highest BCUT2D eigenvalue weighted by atomic mass is 35.5. The molecule has 2 aromatic heterocycles. The third-order valence-electron chi connectivity index (χ3n) is 5.70. The van der Waals surface area contributed by atoms with Gasteiger partial charge in [-0.05, 0) is 49.0 Å². The van der Waals surface area contributed by atoms with Gasteiger partial charge >= 0.3 is 0 Å². The molecule has 0 bridgehead atoms. The van der Waals surface area contributed by atoms with Crippen molar-refractivity contribution in [2.24, 2.45) is 0 Å². The van der Waals surface area contributed by atoms with Crippen molar-refractivity contribution in [1.29, 1.82) is 0 Å². The van der Waals surface area contributed by atoms with Gasteiger partial charge in [-0.1, -0.05) is 71.7 Å². The summed E-state index contributed by atoms with van der Waals surface area (Å²) in [4.78, 5) is 4.79. The number of nitrogens with zero attached hydrogens (tertiary/aromatic N) is 3. The molecule has 0 saturated heterocycles. The molecule has 0 fully saturated rings. The lowest BCUT2D eigenvalue weighted by Gasteiger charge is -2.14. The standard InChI is InChI=1S/C25H21Cl2N3O/c1-31-19-14-12-17(13-15-19)21-23(26)28-25-20(16-8-4-2-5-9-16)22(29-30(25)24(21)27)18-10-6-3-7-11-18/h3,6-8,10-15H,2,4-5,9H2,1H3. The molecule has 0 N–H and O–H groups in total. The Hall–Kier alpha value is -2.82. The first kappa shape index (κ1) is 20.1. The molecule has 6 heteroatoms. The van der Waals surface area contributed by atoms with Crippen LogP contribution in [0.15, 0.2) is 60.7 Å². The fourth-order valence-electron chi connectivity index (χ4n) is 4.14. The normalized spacial score (nSPS) is 14.0. The molecule has 2 aromatic carbocycles. The van der Waals surface area contributed by atoms with E-state index in [1.807, 2.05) is 42.5 Å². The average molecular weight is 450 g/mol. The van der Waals surface area contributed by atoms with Gasteiger partial charge in [0.05, 0.1) is 18.2 Å². The van der Waals surface area contributed by atoms with E-state index in [0.717, 1.165) is 47.4 Å². The minimum Gasteiger partial charge on any atom is -0.497 e. The molecule has 4 nitrogen and oxygen atoms in total. The monoisotopic (exact) mass is 449 g/mol. The van der Waals surface area contributed by atoms with Crippen molar-refractivity contribution >= 4 is 34.4 Å². The first-order chi connectivity index (χ1) is 15.2. The predicted octanol–water partition coefficient (Wildman–Crippen LogP) is 7.34. The number of hydrogen-bond acceptors (Lipinski definition) is 3. The van der Waals surface area contributed by atoms with E-state index in [9.17, 15) is 0 Å². The largest absolute Gasteiger partial charge is 0.497 e. The van der Waals surface area contributed by atoms with E-state index in [0.29, 0.717) is 21.5 Å². The molecule has 31 heavy (non-hydrogen) atoms. The van der Waals surface area contributed by atoms with Crippen LogP contribution in [0, 0.1) is 0 Å². The van der Waals surface area contributed by atoms with Gasteiger partial charge in [-0.15, -0.1) is 0 Å². The fraction of sp³-hybridized carbons (Fsp3) is 0.200. The van der Waals surface area contributed by atoms with Crippen molar-refractivity contribution in [3.63, 3.8) is 0 Å². The van der Waals surface area contributed by atoms with Gasteiger partial charge in [-0.25, -0.2) is 9.50 Å². The van der Waals surface area contributed by atoms with Gasteiger partial charge in [0.2, 0.25) is 0 Å². The van der Waals surface area contributed by atoms with E-state index in [1.54, 1.807) is 11.6 Å². The van der Waals surface area contributed by atoms with E-state index in [1.165, 1.54) is 12.0 Å². The zero-order chi connectivity index (χ0) is 21.4. The van der Waals surface area contributed by atoms with Crippen LogP contribution in [0.25, 0.3) is 33.6 Å². The van der Waals surface area contributed by atoms with Crippen molar-refractivity contribution in [2.75, 3.05) is 7.11 Å².